The number of halogens is 1. The number of carbonyl (C=O) groups excluding carboxylic acids is 1. The number of carbonyl (C=O) groups is 1. The van der Waals surface area contributed by atoms with E-state index in [1.54, 1.807) is 6.20 Å². The summed E-state index contributed by atoms with van der Waals surface area (Å²) in [6.07, 6.45) is 1.64. The quantitative estimate of drug-likeness (QED) is 0.780. The molecule has 0 aliphatic heterocycles. The fraction of sp³-hybridized carbons (Fsp3) is 0.111. The van der Waals surface area contributed by atoms with E-state index in [2.05, 4.69) is 21.0 Å². The van der Waals surface area contributed by atoms with Gasteiger partial charge in [0.2, 0.25) is 0 Å². The van der Waals surface area contributed by atoms with E-state index < -0.39 is 5.97 Å². The molecule has 4 nitrogen and oxygen atoms in total. The molecule has 0 radical (unpaired) electrons. The van der Waals surface area contributed by atoms with Crippen molar-refractivity contribution in [2.24, 2.45) is 0 Å². The molecule has 0 amide bonds. The monoisotopic (exact) mass is 254 g/mol. The van der Waals surface area contributed by atoms with E-state index in [-0.39, 0.29) is 0 Å². The van der Waals surface area contributed by atoms with Crippen LogP contribution >= 0.6 is 15.9 Å². The van der Waals surface area contributed by atoms with Gasteiger partial charge in [-0.2, -0.15) is 0 Å². The Kier molecular flexibility index (Phi) is 2.25. The van der Waals surface area contributed by atoms with Crippen LogP contribution in [0.3, 0.4) is 0 Å². The third-order valence-electron chi connectivity index (χ3n) is 1.71. The Balaban J connectivity index is 2.52. The zero-order chi connectivity index (χ0) is 10.1. The van der Waals surface area contributed by atoms with E-state index in [9.17, 15) is 4.79 Å². The van der Waals surface area contributed by atoms with Crippen molar-refractivity contribution < 1.29 is 9.63 Å². The average Bonchev–Trinajstić information content (AvgIpc) is 2.47. The van der Waals surface area contributed by atoms with E-state index in [4.69, 9.17) is 4.84 Å². The van der Waals surface area contributed by atoms with Crippen LogP contribution in [0.25, 0.3) is 10.9 Å². The zero-order valence-electron chi connectivity index (χ0n) is 7.40. The predicted molar refractivity (Wildman–Crippen MR) is 54.7 cm³/mol. The third-order valence-corrected chi connectivity index (χ3v) is 2.21. The van der Waals surface area contributed by atoms with Gasteiger partial charge < -0.3 is 4.84 Å². The first-order valence-electron chi connectivity index (χ1n) is 3.99. The number of nitrogens with zero attached hydrogens (tertiary/aromatic N) is 2. The predicted octanol–water partition coefficient (Wildman–Crippen LogP) is 1.77. The molecule has 0 N–H and O–H groups in total. The average molecular weight is 255 g/mol. The summed E-state index contributed by atoms with van der Waals surface area (Å²) in [6.45, 7) is 1.34. The van der Waals surface area contributed by atoms with Gasteiger partial charge in [0.15, 0.2) is 0 Å². The molecule has 0 fully saturated rings. The van der Waals surface area contributed by atoms with Crippen LogP contribution in [0.1, 0.15) is 6.92 Å². The molecular weight excluding hydrogens is 248 g/mol. The first kappa shape index (κ1) is 9.21. The lowest BCUT2D eigenvalue weighted by Crippen LogP contribution is -2.17. The molecule has 0 spiro atoms. The van der Waals surface area contributed by atoms with Gasteiger partial charge >= 0.3 is 5.97 Å². The van der Waals surface area contributed by atoms with Crippen molar-refractivity contribution >= 4 is 32.8 Å². The third kappa shape index (κ3) is 1.63. The maximum atomic E-state index is 10.7. The fourth-order valence-electron chi connectivity index (χ4n) is 1.17. The lowest BCUT2D eigenvalue weighted by Gasteiger charge is -2.00. The summed E-state index contributed by atoms with van der Waals surface area (Å²) in [5, 5.41) is 4.85. The molecule has 1 aromatic carbocycles. The van der Waals surface area contributed by atoms with Crippen molar-refractivity contribution in [2.45, 2.75) is 6.92 Å². The standard InChI is InChI=1S/C9H7BrN2O2/c1-6(13)14-12-9-3-2-8(10)4-7(9)5-11-12/h2-5H,1H3. The zero-order valence-corrected chi connectivity index (χ0v) is 8.98. The minimum absolute atomic E-state index is 0.391. The molecule has 0 unspecified atom stereocenters. The molecule has 1 aromatic heterocycles. The van der Waals surface area contributed by atoms with Gasteiger partial charge in [0.25, 0.3) is 0 Å². The molecule has 0 saturated carbocycles. The summed E-state index contributed by atoms with van der Waals surface area (Å²) < 4.78 is 0.965. The molecule has 0 bridgehead atoms. The Bertz CT molecular complexity index is 493. The van der Waals surface area contributed by atoms with Gasteiger partial charge in [0.1, 0.15) is 5.52 Å². The highest BCUT2D eigenvalue weighted by atomic mass is 79.9. The summed E-state index contributed by atoms with van der Waals surface area (Å²) in [4.78, 5) is 16.8. The number of hydrogen-bond acceptors (Lipinski definition) is 3. The van der Waals surface area contributed by atoms with Gasteiger partial charge in [-0.3, -0.25) is 0 Å². The Morgan fingerprint density at radius 1 is 1.57 bits per heavy atom. The Morgan fingerprint density at radius 2 is 2.36 bits per heavy atom. The molecule has 72 valence electrons. The largest absolute Gasteiger partial charge is 0.331 e. The van der Waals surface area contributed by atoms with Gasteiger partial charge in [0, 0.05) is 16.8 Å². The first-order chi connectivity index (χ1) is 6.66. The van der Waals surface area contributed by atoms with Crippen molar-refractivity contribution in [3.63, 3.8) is 0 Å². The molecule has 0 atom stereocenters. The molecule has 0 aliphatic rings. The van der Waals surface area contributed by atoms with Crippen molar-refractivity contribution in [3.05, 3.63) is 28.9 Å². The number of aromatic nitrogens is 2. The van der Waals surface area contributed by atoms with Gasteiger partial charge in [0.05, 0.1) is 6.20 Å². The second-order valence-electron chi connectivity index (χ2n) is 2.80. The van der Waals surface area contributed by atoms with E-state index in [0.29, 0.717) is 0 Å². The molecule has 14 heavy (non-hydrogen) atoms. The van der Waals surface area contributed by atoms with E-state index >= 15 is 0 Å². The van der Waals surface area contributed by atoms with Gasteiger partial charge in [-0.15, -0.1) is 5.10 Å². The van der Waals surface area contributed by atoms with Crippen LogP contribution in [-0.4, -0.2) is 15.9 Å². The maximum absolute atomic E-state index is 10.7. The van der Waals surface area contributed by atoms with Crippen LogP contribution in [0.4, 0.5) is 0 Å². The van der Waals surface area contributed by atoms with Crippen molar-refractivity contribution in [2.75, 3.05) is 0 Å². The highest BCUT2D eigenvalue weighted by Gasteiger charge is 2.05. The van der Waals surface area contributed by atoms with E-state index in [1.807, 2.05) is 18.2 Å². The Morgan fingerprint density at radius 3 is 3.07 bits per heavy atom. The van der Waals surface area contributed by atoms with Gasteiger partial charge in [-0.25, -0.2) is 4.79 Å². The number of fused-ring (bicyclic) bond motifs is 1. The normalized spacial score (nSPS) is 10.4. The number of hydrogen-bond donors (Lipinski definition) is 0. The molecule has 5 heteroatoms. The van der Waals surface area contributed by atoms with Gasteiger partial charge in [-0.05, 0) is 18.2 Å². The molecule has 2 rings (SSSR count). The molecular formula is C9H7BrN2O2. The van der Waals surface area contributed by atoms with Crippen LogP contribution in [0, 0.1) is 0 Å². The maximum Gasteiger partial charge on any atom is 0.331 e. The lowest BCUT2D eigenvalue weighted by molar-refractivity contribution is -0.142. The van der Waals surface area contributed by atoms with E-state index in [1.165, 1.54) is 11.8 Å². The number of rotatable bonds is 1. The molecule has 2 aromatic rings. The van der Waals surface area contributed by atoms with Crippen LogP contribution in [0.2, 0.25) is 0 Å². The highest BCUT2D eigenvalue weighted by molar-refractivity contribution is 9.10. The van der Waals surface area contributed by atoms with Gasteiger partial charge in [-0.1, -0.05) is 20.8 Å². The Labute approximate surface area is 88.5 Å². The fourth-order valence-corrected chi connectivity index (χ4v) is 1.55. The van der Waals surface area contributed by atoms with Crippen LogP contribution in [0.15, 0.2) is 28.9 Å². The minimum atomic E-state index is -0.391. The second kappa shape index (κ2) is 3.42. The van der Waals surface area contributed by atoms with Crippen molar-refractivity contribution in [3.8, 4) is 0 Å². The smallest absolute Gasteiger partial charge is 0.319 e. The molecule has 0 aliphatic carbocycles. The summed E-state index contributed by atoms with van der Waals surface area (Å²) in [5.74, 6) is -0.391. The van der Waals surface area contributed by atoms with Crippen LogP contribution in [0.5, 0.6) is 0 Å². The second-order valence-corrected chi connectivity index (χ2v) is 3.72. The molecule has 0 saturated heterocycles. The number of benzene rings is 1. The summed E-state index contributed by atoms with van der Waals surface area (Å²) in [6, 6.07) is 5.60. The van der Waals surface area contributed by atoms with Crippen molar-refractivity contribution in [1.29, 1.82) is 0 Å². The summed E-state index contributed by atoms with van der Waals surface area (Å²) in [7, 11) is 0. The molecule has 1 heterocycles. The van der Waals surface area contributed by atoms with Crippen LogP contribution in [-0.2, 0) is 4.79 Å². The SMILES string of the molecule is CC(=O)On1ncc2cc(Br)ccc21. The van der Waals surface area contributed by atoms with Crippen LogP contribution < -0.4 is 4.84 Å². The van der Waals surface area contributed by atoms with E-state index in [0.717, 1.165) is 15.4 Å². The topological polar surface area (TPSA) is 44.1 Å². The lowest BCUT2D eigenvalue weighted by atomic mass is 10.3. The summed E-state index contributed by atoms with van der Waals surface area (Å²) in [5.41, 5.74) is 0.767. The highest BCUT2D eigenvalue weighted by Crippen LogP contribution is 2.18. The first-order valence-corrected chi connectivity index (χ1v) is 4.78. The van der Waals surface area contributed by atoms with Crippen molar-refractivity contribution in [1.82, 2.24) is 9.94 Å². The minimum Gasteiger partial charge on any atom is -0.319 e. The summed E-state index contributed by atoms with van der Waals surface area (Å²) >= 11 is 3.35. The Hall–Kier alpha value is -1.36.